The second-order valence-electron chi connectivity index (χ2n) is 6.76. The topological polar surface area (TPSA) is 98.5 Å². The van der Waals surface area contributed by atoms with Gasteiger partial charge in [-0.05, 0) is 58.9 Å². The number of sulfonamides is 1. The van der Waals surface area contributed by atoms with Crippen molar-refractivity contribution < 1.29 is 22.5 Å². The smallest absolute Gasteiger partial charge is 0.338 e. The number of benzene rings is 1. The molecule has 25 heavy (non-hydrogen) atoms. The summed E-state index contributed by atoms with van der Waals surface area (Å²) < 4.78 is 37.3. The van der Waals surface area contributed by atoms with Crippen molar-refractivity contribution in [2.75, 3.05) is 0 Å². The van der Waals surface area contributed by atoms with E-state index in [1.807, 2.05) is 0 Å². The molecule has 0 spiro atoms. The number of aromatic nitrogens is 1. The molecule has 0 aliphatic rings. The Balaban J connectivity index is 2.08. The number of aryl methyl sites for hydroxylation is 2. The van der Waals surface area contributed by atoms with Crippen LogP contribution in [0.5, 0.6) is 0 Å². The molecular weight excluding hydrogens is 344 g/mol. The average molecular weight is 366 g/mol. The number of nitrogens with one attached hydrogen (secondary N) is 1. The van der Waals surface area contributed by atoms with Crippen LogP contribution in [0.3, 0.4) is 0 Å². The minimum absolute atomic E-state index is 0.0473. The van der Waals surface area contributed by atoms with E-state index in [2.05, 4.69) is 9.88 Å². The van der Waals surface area contributed by atoms with Crippen LogP contribution in [-0.2, 0) is 21.4 Å². The zero-order valence-corrected chi connectivity index (χ0v) is 15.7. The number of hydrogen-bond acceptors (Lipinski definition) is 6. The predicted octanol–water partition coefficient (Wildman–Crippen LogP) is 2.73. The van der Waals surface area contributed by atoms with E-state index in [4.69, 9.17) is 9.26 Å². The number of rotatable bonds is 5. The van der Waals surface area contributed by atoms with Crippen LogP contribution in [-0.4, -0.2) is 25.1 Å². The first kappa shape index (κ1) is 19.1. The van der Waals surface area contributed by atoms with Gasteiger partial charge < -0.3 is 9.26 Å². The van der Waals surface area contributed by atoms with Crippen LogP contribution >= 0.6 is 0 Å². The normalized spacial score (nSPS) is 12.2. The fourth-order valence-electron chi connectivity index (χ4n) is 2.16. The Hall–Kier alpha value is -2.19. The Morgan fingerprint density at radius 2 is 1.80 bits per heavy atom. The van der Waals surface area contributed by atoms with E-state index in [0.717, 1.165) is 5.56 Å². The monoisotopic (exact) mass is 366 g/mol. The highest BCUT2D eigenvalue weighted by Crippen LogP contribution is 2.17. The van der Waals surface area contributed by atoms with Crippen molar-refractivity contribution in [3.8, 4) is 0 Å². The second-order valence-corrected chi connectivity index (χ2v) is 8.44. The van der Waals surface area contributed by atoms with Crippen molar-refractivity contribution >= 4 is 16.0 Å². The summed E-state index contributed by atoms with van der Waals surface area (Å²) in [4.78, 5) is 12.2. The van der Waals surface area contributed by atoms with Crippen LogP contribution in [0.15, 0.2) is 33.7 Å². The third-order valence-electron chi connectivity index (χ3n) is 3.37. The standard InChI is InChI=1S/C17H22N2O5S/c1-11-15(12(2)24-18-11)10-23-16(20)13-6-8-14(9-7-13)25(21,22)19-17(3,4)5/h6-9,19H,10H2,1-5H3. The van der Waals surface area contributed by atoms with Gasteiger partial charge in [0, 0.05) is 5.54 Å². The number of ether oxygens (including phenoxy) is 1. The first-order valence-electron chi connectivity index (χ1n) is 7.72. The maximum absolute atomic E-state index is 12.2. The summed E-state index contributed by atoms with van der Waals surface area (Å²) in [5.74, 6) is 0.0488. The average Bonchev–Trinajstić information content (AvgIpc) is 2.81. The van der Waals surface area contributed by atoms with E-state index in [1.165, 1.54) is 24.3 Å². The molecule has 0 amide bonds. The molecule has 0 radical (unpaired) electrons. The third kappa shape index (κ3) is 4.90. The lowest BCUT2D eigenvalue weighted by molar-refractivity contribution is 0.0470. The summed E-state index contributed by atoms with van der Waals surface area (Å²) in [7, 11) is -3.64. The predicted molar refractivity (Wildman–Crippen MR) is 91.6 cm³/mol. The van der Waals surface area contributed by atoms with Gasteiger partial charge in [0.1, 0.15) is 12.4 Å². The Morgan fingerprint density at radius 3 is 2.28 bits per heavy atom. The molecule has 1 aromatic heterocycles. The Bertz CT molecular complexity index is 842. The molecule has 136 valence electrons. The SMILES string of the molecule is Cc1noc(C)c1COC(=O)c1ccc(S(=O)(=O)NC(C)(C)C)cc1. The van der Waals surface area contributed by atoms with Gasteiger partial charge in [0.2, 0.25) is 10.0 Å². The molecule has 0 saturated heterocycles. The summed E-state index contributed by atoms with van der Waals surface area (Å²) in [5, 5.41) is 3.79. The summed E-state index contributed by atoms with van der Waals surface area (Å²) in [5.41, 5.74) is 1.06. The van der Waals surface area contributed by atoms with Crippen LogP contribution in [0.1, 0.15) is 48.1 Å². The molecule has 1 heterocycles. The molecular formula is C17H22N2O5S. The van der Waals surface area contributed by atoms with Crippen LogP contribution in [0.2, 0.25) is 0 Å². The molecule has 0 saturated carbocycles. The number of nitrogens with zero attached hydrogens (tertiary/aromatic N) is 1. The second kappa shape index (κ2) is 6.97. The number of esters is 1. The minimum atomic E-state index is -3.64. The summed E-state index contributed by atoms with van der Waals surface area (Å²) in [6.07, 6.45) is 0. The minimum Gasteiger partial charge on any atom is -0.457 e. The van der Waals surface area contributed by atoms with E-state index in [9.17, 15) is 13.2 Å². The first-order valence-corrected chi connectivity index (χ1v) is 9.21. The molecule has 0 unspecified atom stereocenters. The largest absolute Gasteiger partial charge is 0.457 e. The highest BCUT2D eigenvalue weighted by Gasteiger charge is 2.22. The lowest BCUT2D eigenvalue weighted by Crippen LogP contribution is -2.40. The van der Waals surface area contributed by atoms with Crippen LogP contribution in [0, 0.1) is 13.8 Å². The van der Waals surface area contributed by atoms with Gasteiger partial charge in [0.15, 0.2) is 0 Å². The number of carbonyl (C=O) groups is 1. The maximum Gasteiger partial charge on any atom is 0.338 e. The van der Waals surface area contributed by atoms with Gasteiger partial charge >= 0.3 is 5.97 Å². The zero-order chi connectivity index (χ0) is 18.8. The molecule has 2 rings (SSSR count). The van der Waals surface area contributed by atoms with Gasteiger partial charge in [0.25, 0.3) is 0 Å². The summed E-state index contributed by atoms with van der Waals surface area (Å²) in [6, 6.07) is 5.60. The van der Waals surface area contributed by atoms with Crippen molar-refractivity contribution in [2.45, 2.75) is 51.7 Å². The van der Waals surface area contributed by atoms with E-state index >= 15 is 0 Å². The number of hydrogen-bond donors (Lipinski definition) is 1. The fourth-order valence-corrected chi connectivity index (χ4v) is 3.58. The molecule has 0 atom stereocenters. The van der Waals surface area contributed by atoms with E-state index in [0.29, 0.717) is 11.5 Å². The third-order valence-corrected chi connectivity index (χ3v) is 5.14. The van der Waals surface area contributed by atoms with E-state index < -0.39 is 21.5 Å². The Labute approximate surface area is 147 Å². The van der Waals surface area contributed by atoms with Gasteiger partial charge in [-0.25, -0.2) is 17.9 Å². The molecule has 0 fully saturated rings. The highest BCUT2D eigenvalue weighted by atomic mass is 32.2. The Kier molecular flexibility index (Phi) is 5.34. The Morgan fingerprint density at radius 1 is 1.20 bits per heavy atom. The molecule has 8 heteroatoms. The molecule has 7 nitrogen and oxygen atoms in total. The van der Waals surface area contributed by atoms with Gasteiger partial charge in [0.05, 0.1) is 21.7 Å². The van der Waals surface area contributed by atoms with Crippen LogP contribution in [0.4, 0.5) is 0 Å². The number of carbonyl (C=O) groups excluding carboxylic acids is 1. The van der Waals surface area contributed by atoms with E-state index in [1.54, 1.807) is 34.6 Å². The van der Waals surface area contributed by atoms with Gasteiger partial charge in [-0.2, -0.15) is 0 Å². The molecule has 0 aliphatic heterocycles. The maximum atomic E-state index is 12.2. The summed E-state index contributed by atoms with van der Waals surface area (Å²) in [6.45, 7) is 8.82. The lowest BCUT2D eigenvalue weighted by atomic mass is 10.1. The van der Waals surface area contributed by atoms with Crippen molar-refractivity contribution in [3.63, 3.8) is 0 Å². The first-order chi connectivity index (χ1) is 11.5. The molecule has 2 aromatic rings. The fraction of sp³-hybridized carbons (Fsp3) is 0.412. The van der Waals surface area contributed by atoms with Crippen molar-refractivity contribution in [3.05, 3.63) is 46.8 Å². The summed E-state index contributed by atoms with van der Waals surface area (Å²) >= 11 is 0. The molecule has 1 N–H and O–H groups in total. The van der Waals surface area contributed by atoms with Crippen molar-refractivity contribution in [2.24, 2.45) is 0 Å². The van der Waals surface area contributed by atoms with Crippen molar-refractivity contribution in [1.82, 2.24) is 9.88 Å². The quantitative estimate of drug-likeness (QED) is 0.817. The molecule has 0 bridgehead atoms. The van der Waals surface area contributed by atoms with E-state index in [-0.39, 0.29) is 17.1 Å². The van der Waals surface area contributed by atoms with Crippen LogP contribution in [0.25, 0.3) is 0 Å². The molecule has 1 aromatic carbocycles. The van der Waals surface area contributed by atoms with Gasteiger partial charge in [-0.3, -0.25) is 0 Å². The van der Waals surface area contributed by atoms with Gasteiger partial charge in [-0.1, -0.05) is 5.16 Å². The van der Waals surface area contributed by atoms with Gasteiger partial charge in [-0.15, -0.1) is 0 Å². The lowest BCUT2D eigenvalue weighted by Gasteiger charge is -2.20. The van der Waals surface area contributed by atoms with Crippen molar-refractivity contribution in [1.29, 1.82) is 0 Å². The highest BCUT2D eigenvalue weighted by molar-refractivity contribution is 7.89. The zero-order valence-electron chi connectivity index (χ0n) is 14.9. The molecule has 0 aliphatic carbocycles. The van der Waals surface area contributed by atoms with Crippen LogP contribution < -0.4 is 4.72 Å².